The summed E-state index contributed by atoms with van der Waals surface area (Å²) in [6.45, 7) is 2.31. The molecule has 0 aliphatic heterocycles. The predicted octanol–water partition coefficient (Wildman–Crippen LogP) is 2.75. The molecule has 0 heterocycles. The van der Waals surface area contributed by atoms with Gasteiger partial charge in [0, 0.05) is 19.8 Å². The van der Waals surface area contributed by atoms with E-state index >= 15 is 0 Å². The molecule has 78 valence electrons. The first kappa shape index (κ1) is 12.6. The van der Waals surface area contributed by atoms with Gasteiger partial charge >= 0.3 is 0 Å². The van der Waals surface area contributed by atoms with E-state index < -0.39 is 0 Å². The Balaban J connectivity index is 0.00000112. The predicted molar refractivity (Wildman–Crippen MR) is 65.0 cm³/mol. The van der Waals surface area contributed by atoms with Gasteiger partial charge in [0.25, 0.3) is 0 Å². The van der Waals surface area contributed by atoms with E-state index in [9.17, 15) is 0 Å². The van der Waals surface area contributed by atoms with E-state index in [4.69, 9.17) is 0 Å². The quantitative estimate of drug-likeness (QED) is 0.692. The Kier molecular flexibility index (Phi) is 5.17. The molecule has 0 aliphatic carbocycles. The van der Waals surface area contributed by atoms with E-state index in [-0.39, 0.29) is 27.7 Å². The summed E-state index contributed by atoms with van der Waals surface area (Å²) < 4.78 is 0. The van der Waals surface area contributed by atoms with Crippen molar-refractivity contribution in [3.8, 4) is 0 Å². The van der Waals surface area contributed by atoms with E-state index in [0.717, 1.165) is 0 Å². The van der Waals surface area contributed by atoms with E-state index in [0.29, 0.717) is 0 Å². The standard InChI is InChI=1S/C13H13P.Os/c1-14(12-8-4-2-5-9-12)13-10-6-3-7-11-13;/h2-11H,1H3;. The second kappa shape index (κ2) is 6.17. The third kappa shape index (κ3) is 3.24. The molecule has 15 heavy (non-hydrogen) atoms. The SMILES string of the molecule is CP(c1ccccc1)c1ccccc1.[Os]. The molecule has 0 atom stereocenters. The van der Waals surface area contributed by atoms with E-state index in [1.54, 1.807) is 0 Å². The van der Waals surface area contributed by atoms with Crippen LogP contribution in [0, 0.1) is 0 Å². The first-order valence-corrected chi connectivity index (χ1v) is 6.50. The van der Waals surface area contributed by atoms with Crippen LogP contribution in [0.25, 0.3) is 0 Å². The summed E-state index contributed by atoms with van der Waals surface area (Å²) in [4.78, 5) is 0. The zero-order valence-electron chi connectivity index (χ0n) is 8.57. The van der Waals surface area contributed by atoms with Gasteiger partial charge in [-0.15, -0.1) is 0 Å². The minimum Gasteiger partial charge on any atom is -0.0622 e. The van der Waals surface area contributed by atoms with Crippen molar-refractivity contribution in [1.82, 2.24) is 0 Å². The van der Waals surface area contributed by atoms with Crippen LogP contribution < -0.4 is 10.6 Å². The molecule has 0 N–H and O–H groups in total. The van der Waals surface area contributed by atoms with Gasteiger partial charge in [0.2, 0.25) is 0 Å². The summed E-state index contributed by atoms with van der Waals surface area (Å²) in [7, 11) is -0.171. The van der Waals surface area contributed by atoms with Gasteiger partial charge in [0.1, 0.15) is 0 Å². The molecule has 0 saturated heterocycles. The molecule has 0 unspecified atom stereocenters. The molecule has 0 saturated carbocycles. The maximum absolute atomic E-state index is 2.31. The second-order valence-electron chi connectivity index (χ2n) is 3.23. The molecule has 0 amide bonds. The Morgan fingerprint density at radius 1 is 0.667 bits per heavy atom. The van der Waals surface area contributed by atoms with Gasteiger partial charge in [0.15, 0.2) is 0 Å². The van der Waals surface area contributed by atoms with Crippen LogP contribution in [-0.2, 0) is 19.8 Å². The average molecular weight is 390 g/mol. The first-order valence-electron chi connectivity index (χ1n) is 4.72. The molecule has 0 aromatic heterocycles. The zero-order chi connectivity index (χ0) is 9.80. The number of hydrogen-bond donors (Lipinski definition) is 0. The van der Waals surface area contributed by atoms with E-state index in [1.807, 2.05) is 0 Å². The molecular weight excluding hydrogens is 377 g/mol. The van der Waals surface area contributed by atoms with Gasteiger partial charge < -0.3 is 0 Å². The van der Waals surface area contributed by atoms with Gasteiger partial charge in [-0.1, -0.05) is 60.7 Å². The van der Waals surface area contributed by atoms with Crippen LogP contribution in [0.1, 0.15) is 0 Å². The number of hydrogen-bond acceptors (Lipinski definition) is 0. The Morgan fingerprint density at radius 3 is 1.33 bits per heavy atom. The van der Waals surface area contributed by atoms with Gasteiger partial charge in [0.05, 0.1) is 0 Å². The zero-order valence-corrected chi connectivity index (χ0v) is 12.0. The monoisotopic (exact) mass is 392 g/mol. The molecule has 2 aromatic rings. The maximum Gasteiger partial charge on any atom is 0 e. The summed E-state index contributed by atoms with van der Waals surface area (Å²) in [6.07, 6.45) is 0. The van der Waals surface area contributed by atoms with Crippen LogP contribution in [0.15, 0.2) is 60.7 Å². The van der Waals surface area contributed by atoms with Crippen molar-refractivity contribution in [2.24, 2.45) is 0 Å². The molecule has 0 nitrogen and oxygen atoms in total. The summed E-state index contributed by atoms with van der Waals surface area (Å²) in [5, 5.41) is 2.88. The summed E-state index contributed by atoms with van der Waals surface area (Å²) >= 11 is 0. The molecule has 0 spiro atoms. The van der Waals surface area contributed by atoms with Crippen LogP contribution in [0.3, 0.4) is 0 Å². The van der Waals surface area contributed by atoms with E-state index in [2.05, 4.69) is 67.3 Å². The molecule has 2 rings (SSSR count). The average Bonchev–Trinajstić information content (AvgIpc) is 2.30. The number of rotatable bonds is 2. The Hall–Kier alpha value is -0.494. The van der Waals surface area contributed by atoms with Crippen molar-refractivity contribution in [2.45, 2.75) is 0 Å². The molecular formula is C13H13OsP. The smallest absolute Gasteiger partial charge is 0 e. The van der Waals surface area contributed by atoms with Gasteiger partial charge in [-0.2, -0.15) is 0 Å². The van der Waals surface area contributed by atoms with Crippen molar-refractivity contribution in [3.63, 3.8) is 0 Å². The third-order valence-electron chi connectivity index (χ3n) is 2.29. The molecule has 0 aliphatic rings. The summed E-state index contributed by atoms with van der Waals surface area (Å²) in [6, 6.07) is 21.4. The first-order chi connectivity index (χ1) is 6.88. The minimum absolute atomic E-state index is 0. The molecule has 0 fully saturated rings. The van der Waals surface area contributed by atoms with Crippen LogP contribution in [0.5, 0.6) is 0 Å². The molecule has 2 aromatic carbocycles. The summed E-state index contributed by atoms with van der Waals surface area (Å²) in [5.74, 6) is 0. The maximum atomic E-state index is 2.31. The fourth-order valence-corrected chi connectivity index (χ4v) is 2.99. The van der Waals surface area contributed by atoms with Crippen LogP contribution >= 0.6 is 7.92 Å². The largest absolute Gasteiger partial charge is 0.0622 e. The van der Waals surface area contributed by atoms with Crippen LogP contribution in [0.2, 0.25) is 0 Å². The van der Waals surface area contributed by atoms with Crippen molar-refractivity contribution in [2.75, 3.05) is 6.66 Å². The van der Waals surface area contributed by atoms with Gasteiger partial charge in [-0.3, -0.25) is 0 Å². The number of benzene rings is 2. The Labute approximate surface area is 106 Å². The third-order valence-corrected chi connectivity index (χ3v) is 4.43. The Bertz CT molecular complexity index is 346. The van der Waals surface area contributed by atoms with Crippen molar-refractivity contribution < 1.29 is 19.8 Å². The van der Waals surface area contributed by atoms with Crippen molar-refractivity contribution >= 4 is 18.5 Å². The fourth-order valence-electron chi connectivity index (χ4n) is 1.45. The second-order valence-corrected chi connectivity index (χ2v) is 5.38. The van der Waals surface area contributed by atoms with Crippen LogP contribution in [-0.4, -0.2) is 6.66 Å². The topological polar surface area (TPSA) is 0 Å². The van der Waals surface area contributed by atoms with Gasteiger partial charge in [-0.25, -0.2) is 0 Å². The minimum atomic E-state index is -0.171. The Morgan fingerprint density at radius 2 is 1.00 bits per heavy atom. The molecule has 0 radical (unpaired) electrons. The normalized spacial score (nSPS) is 9.73. The van der Waals surface area contributed by atoms with Crippen molar-refractivity contribution in [3.05, 3.63) is 60.7 Å². The van der Waals surface area contributed by atoms with Crippen molar-refractivity contribution in [1.29, 1.82) is 0 Å². The summed E-state index contributed by atoms with van der Waals surface area (Å²) in [5.41, 5.74) is 0. The molecule has 0 bridgehead atoms. The molecule has 2 heteroatoms. The fraction of sp³-hybridized carbons (Fsp3) is 0.0769. The van der Waals surface area contributed by atoms with Crippen LogP contribution in [0.4, 0.5) is 0 Å². The van der Waals surface area contributed by atoms with E-state index in [1.165, 1.54) is 10.6 Å². The van der Waals surface area contributed by atoms with Gasteiger partial charge in [-0.05, 0) is 25.2 Å².